The Labute approximate surface area is 91.4 Å². The summed E-state index contributed by atoms with van der Waals surface area (Å²) in [4.78, 5) is 3.36. The van der Waals surface area contributed by atoms with Crippen molar-refractivity contribution in [2.24, 2.45) is 0 Å². The predicted molar refractivity (Wildman–Crippen MR) is 61.9 cm³/mol. The molecule has 0 unspecified atom stereocenters. The number of methoxy groups -OCH3 is 1. The fraction of sp³-hybridized carbons (Fsp3) is 0.273. The van der Waals surface area contributed by atoms with Gasteiger partial charge in [-0.15, -0.1) is 0 Å². The normalized spacial score (nSPS) is 10.8. The van der Waals surface area contributed by atoms with Gasteiger partial charge in [0.2, 0.25) is 0 Å². The number of aromatic nitrogens is 1. The minimum absolute atomic E-state index is 0.908. The number of benzene rings is 1. The minimum atomic E-state index is 0.908. The third-order valence-electron chi connectivity index (χ3n) is 2.37. The van der Waals surface area contributed by atoms with Crippen LogP contribution < -0.4 is 4.74 Å². The quantitative estimate of drug-likeness (QED) is 0.871. The van der Waals surface area contributed by atoms with E-state index in [9.17, 15) is 0 Å². The average molecular weight is 254 g/mol. The van der Waals surface area contributed by atoms with Crippen LogP contribution in [0.5, 0.6) is 5.75 Å². The number of halogens is 1. The Morgan fingerprint density at radius 3 is 2.86 bits per heavy atom. The molecule has 0 amide bonds. The molecule has 1 aromatic heterocycles. The van der Waals surface area contributed by atoms with E-state index < -0.39 is 0 Å². The van der Waals surface area contributed by atoms with Gasteiger partial charge >= 0.3 is 0 Å². The Balaban J connectivity index is 2.79. The Morgan fingerprint density at radius 2 is 2.21 bits per heavy atom. The van der Waals surface area contributed by atoms with Crippen molar-refractivity contribution < 1.29 is 4.74 Å². The molecule has 2 aromatic rings. The van der Waals surface area contributed by atoms with Crippen molar-refractivity contribution in [3.8, 4) is 5.75 Å². The first kappa shape index (κ1) is 9.59. The molecule has 74 valence electrons. The van der Waals surface area contributed by atoms with Crippen LogP contribution in [0.15, 0.2) is 22.7 Å². The molecular weight excluding hydrogens is 242 g/mol. The number of fused-ring (bicyclic) bond motifs is 1. The molecule has 0 atom stereocenters. The van der Waals surface area contributed by atoms with Crippen LogP contribution in [-0.2, 0) is 6.42 Å². The number of aromatic amines is 1. The third kappa shape index (κ3) is 1.32. The summed E-state index contributed by atoms with van der Waals surface area (Å²) in [5, 5.41) is 1.13. The van der Waals surface area contributed by atoms with Crippen molar-refractivity contribution in [2.75, 3.05) is 7.11 Å². The average Bonchev–Trinajstić information content (AvgIpc) is 2.55. The summed E-state index contributed by atoms with van der Waals surface area (Å²) in [5.41, 5.74) is 2.33. The molecule has 2 rings (SSSR count). The molecule has 0 aliphatic heterocycles. The van der Waals surface area contributed by atoms with Gasteiger partial charge in [-0.25, -0.2) is 0 Å². The Bertz CT molecular complexity index is 462. The second-order valence-corrected chi connectivity index (χ2v) is 3.95. The SMILES string of the molecule is CCc1[nH]c2cccc(OC)c2c1Br. The summed E-state index contributed by atoms with van der Waals surface area (Å²) in [6, 6.07) is 6.02. The van der Waals surface area contributed by atoms with Gasteiger partial charge in [0.05, 0.1) is 18.0 Å². The maximum atomic E-state index is 5.32. The van der Waals surface area contributed by atoms with Crippen LogP contribution in [0.1, 0.15) is 12.6 Å². The van der Waals surface area contributed by atoms with Crippen LogP contribution in [0.4, 0.5) is 0 Å². The lowest BCUT2D eigenvalue weighted by molar-refractivity contribution is 0.419. The molecule has 0 aliphatic carbocycles. The number of hydrogen-bond donors (Lipinski definition) is 1. The van der Waals surface area contributed by atoms with Crippen LogP contribution in [0.2, 0.25) is 0 Å². The monoisotopic (exact) mass is 253 g/mol. The highest BCUT2D eigenvalue weighted by Crippen LogP contribution is 2.34. The van der Waals surface area contributed by atoms with Crippen molar-refractivity contribution in [3.63, 3.8) is 0 Å². The Kier molecular flexibility index (Phi) is 2.50. The topological polar surface area (TPSA) is 25.0 Å². The lowest BCUT2D eigenvalue weighted by Gasteiger charge is -2.00. The van der Waals surface area contributed by atoms with Gasteiger partial charge in [-0.1, -0.05) is 13.0 Å². The summed E-state index contributed by atoms with van der Waals surface area (Å²) in [6.45, 7) is 2.13. The molecule has 14 heavy (non-hydrogen) atoms. The highest BCUT2D eigenvalue weighted by Gasteiger charge is 2.11. The zero-order valence-electron chi connectivity index (χ0n) is 8.23. The molecule has 0 spiro atoms. The van der Waals surface area contributed by atoms with Gasteiger partial charge in [-0.2, -0.15) is 0 Å². The predicted octanol–water partition coefficient (Wildman–Crippen LogP) is 3.50. The van der Waals surface area contributed by atoms with E-state index in [2.05, 4.69) is 33.9 Å². The highest BCUT2D eigenvalue weighted by atomic mass is 79.9. The molecule has 2 nitrogen and oxygen atoms in total. The molecule has 0 saturated heterocycles. The maximum Gasteiger partial charge on any atom is 0.129 e. The second-order valence-electron chi connectivity index (χ2n) is 3.15. The number of H-pyrrole nitrogens is 1. The largest absolute Gasteiger partial charge is 0.496 e. The summed E-state index contributed by atoms with van der Waals surface area (Å²) in [7, 11) is 1.69. The summed E-state index contributed by atoms with van der Waals surface area (Å²) in [6.07, 6.45) is 0.985. The molecule has 0 fully saturated rings. The van der Waals surface area contributed by atoms with E-state index in [1.165, 1.54) is 5.69 Å². The minimum Gasteiger partial charge on any atom is -0.496 e. The second kappa shape index (κ2) is 3.65. The molecule has 3 heteroatoms. The summed E-state index contributed by atoms with van der Waals surface area (Å²) in [5.74, 6) is 0.908. The van der Waals surface area contributed by atoms with E-state index in [4.69, 9.17) is 4.74 Å². The van der Waals surface area contributed by atoms with E-state index in [1.807, 2.05) is 12.1 Å². The van der Waals surface area contributed by atoms with Gasteiger partial charge in [0.15, 0.2) is 0 Å². The van der Waals surface area contributed by atoms with Crippen molar-refractivity contribution in [1.29, 1.82) is 0 Å². The highest BCUT2D eigenvalue weighted by molar-refractivity contribution is 9.10. The van der Waals surface area contributed by atoms with E-state index in [0.29, 0.717) is 0 Å². The molecular formula is C11H12BrNO. The van der Waals surface area contributed by atoms with E-state index >= 15 is 0 Å². The fourth-order valence-electron chi connectivity index (χ4n) is 1.64. The van der Waals surface area contributed by atoms with Crippen molar-refractivity contribution in [3.05, 3.63) is 28.4 Å². The van der Waals surface area contributed by atoms with Crippen LogP contribution in [0.25, 0.3) is 10.9 Å². The molecule has 0 radical (unpaired) electrons. The van der Waals surface area contributed by atoms with Gasteiger partial charge in [-0.3, -0.25) is 0 Å². The van der Waals surface area contributed by atoms with Crippen molar-refractivity contribution in [2.45, 2.75) is 13.3 Å². The first-order chi connectivity index (χ1) is 6.77. The number of hydrogen-bond acceptors (Lipinski definition) is 1. The lowest BCUT2D eigenvalue weighted by Crippen LogP contribution is -1.82. The van der Waals surface area contributed by atoms with Crippen LogP contribution >= 0.6 is 15.9 Å². The number of rotatable bonds is 2. The van der Waals surface area contributed by atoms with Gasteiger partial charge < -0.3 is 9.72 Å². The summed E-state index contributed by atoms with van der Waals surface area (Å²) < 4.78 is 6.43. The van der Waals surface area contributed by atoms with Crippen molar-refractivity contribution >= 4 is 26.8 Å². The van der Waals surface area contributed by atoms with Gasteiger partial charge in [-0.05, 0) is 34.5 Å². The van der Waals surface area contributed by atoms with Gasteiger partial charge in [0.25, 0.3) is 0 Å². The van der Waals surface area contributed by atoms with Gasteiger partial charge in [0, 0.05) is 10.2 Å². The standard InChI is InChI=1S/C11H12BrNO/c1-3-7-11(12)10-8(13-7)5-4-6-9(10)14-2/h4-6,13H,3H2,1-2H3. The zero-order chi connectivity index (χ0) is 10.1. The van der Waals surface area contributed by atoms with Crippen LogP contribution in [0.3, 0.4) is 0 Å². The molecule has 1 N–H and O–H groups in total. The zero-order valence-corrected chi connectivity index (χ0v) is 9.81. The molecule has 1 aromatic carbocycles. The van der Waals surface area contributed by atoms with E-state index in [1.54, 1.807) is 7.11 Å². The maximum absolute atomic E-state index is 5.32. The molecule has 0 aliphatic rings. The van der Waals surface area contributed by atoms with Crippen LogP contribution in [-0.4, -0.2) is 12.1 Å². The van der Waals surface area contributed by atoms with Gasteiger partial charge in [0.1, 0.15) is 5.75 Å². The smallest absolute Gasteiger partial charge is 0.129 e. The lowest BCUT2D eigenvalue weighted by atomic mass is 10.2. The first-order valence-corrected chi connectivity index (χ1v) is 5.40. The first-order valence-electron chi connectivity index (χ1n) is 4.61. The fourth-order valence-corrected chi connectivity index (χ4v) is 2.43. The third-order valence-corrected chi connectivity index (χ3v) is 3.24. The number of ether oxygens (including phenoxy) is 1. The molecule has 0 bridgehead atoms. The Morgan fingerprint density at radius 1 is 1.43 bits per heavy atom. The van der Waals surface area contributed by atoms with E-state index in [0.717, 1.165) is 27.5 Å². The number of nitrogens with one attached hydrogen (secondary N) is 1. The van der Waals surface area contributed by atoms with E-state index in [-0.39, 0.29) is 0 Å². The van der Waals surface area contributed by atoms with Crippen molar-refractivity contribution in [1.82, 2.24) is 4.98 Å². The number of aryl methyl sites for hydroxylation is 1. The summed E-state index contributed by atoms with van der Waals surface area (Å²) >= 11 is 3.59. The Hall–Kier alpha value is -0.960. The van der Waals surface area contributed by atoms with Crippen LogP contribution in [0, 0.1) is 0 Å². The molecule has 1 heterocycles. The molecule has 0 saturated carbocycles.